The quantitative estimate of drug-likeness (QED) is 0.175. The molecule has 6 amide bonds. The van der Waals surface area contributed by atoms with Gasteiger partial charge in [0.15, 0.2) is 0 Å². The summed E-state index contributed by atoms with van der Waals surface area (Å²) in [6.45, 7) is 8.94. The van der Waals surface area contributed by atoms with Gasteiger partial charge in [0.25, 0.3) is 0 Å². The van der Waals surface area contributed by atoms with E-state index in [0.29, 0.717) is 24.8 Å². The van der Waals surface area contributed by atoms with E-state index in [1.807, 2.05) is 6.92 Å². The second-order valence-electron chi connectivity index (χ2n) is 14.8. The van der Waals surface area contributed by atoms with Crippen LogP contribution in [0.4, 0.5) is 4.39 Å². The van der Waals surface area contributed by atoms with Crippen molar-refractivity contribution in [2.24, 2.45) is 0 Å². The van der Waals surface area contributed by atoms with Crippen LogP contribution in [0.3, 0.4) is 0 Å². The van der Waals surface area contributed by atoms with Crippen molar-refractivity contribution in [2.45, 2.75) is 141 Å². The molecule has 302 valence electrons. The van der Waals surface area contributed by atoms with Crippen molar-refractivity contribution in [3.05, 3.63) is 47.8 Å². The molecule has 1 aromatic carbocycles. The summed E-state index contributed by atoms with van der Waals surface area (Å²) >= 11 is 0. The molecule has 0 bridgehead atoms. The number of ether oxygens (including phenoxy) is 1. The van der Waals surface area contributed by atoms with Crippen LogP contribution >= 0.6 is 0 Å². The molecule has 3 N–H and O–H groups in total. The average Bonchev–Trinajstić information content (AvgIpc) is 3.86. The lowest BCUT2D eigenvalue weighted by Gasteiger charge is -2.42. The van der Waals surface area contributed by atoms with Gasteiger partial charge in [-0.2, -0.15) is 0 Å². The molecule has 3 heterocycles. The van der Waals surface area contributed by atoms with E-state index in [-0.39, 0.29) is 45.2 Å². The summed E-state index contributed by atoms with van der Waals surface area (Å²) in [5.74, 6) is -4.90. The maximum Gasteiger partial charge on any atom is 0.329 e. The van der Waals surface area contributed by atoms with Gasteiger partial charge in [0, 0.05) is 26.6 Å². The standard InChI is InChI=1S/C40H57FN6O8/c1-7-10-11-12-20-32(48)43-29(24-27-16-13-17-28(41)23-27)34(49)44-33-26(5)55-38(53)31-19-15-22-47(31)35(50)25(4)42-39(54)40(8-2,9-3)45(6)36(51)30-18-14-21-46(30)37(33)52/h12-13,16-17,20,23,25-26,29-31,33H,7-11,14-15,18-19,21-22,24H2,1-6H3,(H,42,54)(H,43,48)(H,44,49)/b20-12+/t25-,26-,29-,30-,31-,33-/m0/s1. The van der Waals surface area contributed by atoms with Gasteiger partial charge in [-0.25, -0.2) is 9.18 Å². The van der Waals surface area contributed by atoms with E-state index >= 15 is 0 Å². The number of carbonyl (C=O) groups excluding carboxylic acids is 7. The van der Waals surface area contributed by atoms with Crippen molar-refractivity contribution in [2.75, 3.05) is 20.1 Å². The number of hydrogen-bond donors (Lipinski definition) is 3. The third-order valence-electron chi connectivity index (χ3n) is 11.2. The number of rotatable bonds is 11. The third kappa shape index (κ3) is 9.90. The molecule has 3 saturated heterocycles. The molecule has 3 aliphatic rings. The molecule has 0 spiro atoms. The van der Waals surface area contributed by atoms with Crippen LogP contribution in [0.5, 0.6) is 0 Å². The first-order valence-electron chi connectivity index (χ1n) is 19.6. The Bertz CT molecular complexity index is 1630. The molecule has 0 aromatic heterocycles. The van der Waals surface area contributed by atoms with Crippen LogP contribution in [0.2, 0.25) is 0 Å². The number of allylic oxidation sites excluding steroid dienone is 1. The fourth-order valence-corrected chi connectivity index (χ4v) is 7.82. The van der Waals surface area contributed by atoms with Crippen molar-refractivity contribution in [3.8, 4) is 0 Å². The highest BCUT2D eigenvalue weighted by atomic mass is 19.1. The summed E-state index contributed by atoms with van der Waals surface area (Å²) in [5.41, 5.74) is -0.940. The van der Waals surface area contributed by atoms with Crippen LogP contribution < -0.4 is 16.0 Å². The number of halogens is 1. The topological polar surface area (TPSA) is 175 Å². The number of amides is 6. The van der Waals surface area contributed by atoms with Crippen LogP contribution in [0.25, 0.3) is 0 Å². The number of nitrogens with zero attached hydrogens (tertiary/aromatic N) is 3. The Morgan fingerprint density at radius 1 is 0.982 bits per heavy atom. The largest absolute Gasteiger partial charge is 0.458 e. The van der Waals surface area contributed by atoms with Crippen LogP contribution in [-0.4, -0.2) is 118 Å². The van der Waals surface area contributed by atoms with E-state index in [4.69, 9.17) is 4.74 Å². The lowest BCUT2D eigenvalue weighted by atomic mass is 9.88. The van der Waals surface area contributed by atoms with Gasteiger partial charge in [0.1, 0.15) is 47.7 Å². The Morgan fingerprint density at radius 3 is 2.27 bits per heavy atom. The molecule has 1 aromatic rings. The van der Waals surface area contributed by atoms with Gasteiger partial charge in [-0.05, 0) is 82.6 Å². The van der Waals surface area contributed by atoms with E-state index in [1.165, 1.54) is 59.9 Å². The molecule has 3 fully saturated rings. The number of unbranched alkanes of at least 4 members (excludes halogenated alkanes) is 2. The first kappa shape index (κ1) is 42.9. The zero-order valence-corrected chi connectivity index (χ0v) is 32.9. The number of esters is 1. The number of cyclic esters (lactones) is 1. The molecule has 0 unspecified atom stereocenters. The van der Waals surface area contributed by atoms with Crippen LogP contribution in [0.15, 0.2) is 36.4 Å². The fraction of sp³-hybridized carbons (Fsp3) is 0.625. The van der Waals surface area contributed by atoms with E-state index in [2.05, 4.69) is 16.0 Å². The van der Waals surface area contributed by atoms with Gasteiger partial charge >= 0.3 is 5.97 Å². The molecule has 3 aliphatic heterocycles. The minimum atomic E-state index is -1.52. The summed E-state index contributed by atoms with van der Waals surface area (Å²) in [6, 6.07) is -0.241. The molecule has 0 radical (unpaired) electrons. The van der Waals surface area contributed by atoms with Gasteiger partial charge in [-0.3, -0.25) is 28.8 Å². The van der Waals surface area contributed by atoms with E-state index in [9.17, 15) is 38.0 Å². The van der Waals surface area contributed by atoms with E-state index < -0.39 is 89.1 Å². The maximum absolute atomic E-state index is 14.6. The van der Waals surface area contributed by atoms with Gasteiger partial charge in [0.2, 0.25) is 35.4 Å². The van der Waals surface area contributed by atoms with E-state index in [0.717, 1.165) is 12.8 Å². The molecule has 0 aliphatic carbocycles. The summed E-state index contributed by atoms with van der Waals surface area (Å²) in [5, 5.41) is 8.17. The lowest BCUT2D eigenvalue weighted by molar-refractivity contribution is -0.163. The Kier molecular flexibility index (Phi) is 15.0. The zero-order chi connectivity index (χ0) is 40.4. The SMILES string of the molecule is CCCC/C=C/C(=O)N[C@@H](Cc1cccc(F)c1)C(=O)N[C@@H]1C(=O)N2CCC[C@H]2C(=O)N(C)C(CC)(CC)C(=O)N[C@@H](C)C(=O)N2CCC[C@H]2C(=O)O[C@H]1C. The van der Waals surface area contributed by atoms with Crippen LogP contribution in [0, 0.1) is 5.82 Å². The number of fused-ring (bicyclic) bond motifs is 2. The van der Waals surface area contributed by atoms with Crippen molar-refractivity contribution < 1.29 is 42.7 Å². The second kappa shape index (κ2) is 19.2. The maximum atomic E-state index is 14.6. The Balaban J connectivity index is 1.74. The molecule has 6 atom stereocenters. The Hall–Kier alpha value is -4.82. The van der Waals surface area contributed by atoms with Crippen LogP contribution in [-0.2, 0) is 44.7 Å². The minimum Gasteiger partial charge on any atom is -0.458 e. The van der Waals surface area contributed by atoms with Gasteiger partial charge in [0.05, 0.1) is 0 Å². The smallest absolute Gasteiger partial charge is 0.329 e. The summed E-state index contributed by atoms with van der Waals surface area (Å²) < 4.78 is 20.1. The average molecular weight is 769 g/mol. The number of nitrogens with one attached hydrogen (secondary N) is 3. The van der Waals surface area contributed by atoms with Gasteiger partial charge in [-0.15, -0.1) is 0 Å². The second-order valence-corrected chi connectivity index (χ2v) is 14.8. The summed E-state index contributed by atoms with van der Waals surface area (Å²) in [4.78, 5) is 102. The molecule has 55 heavy (non-hydrogen) atoms. The minimum absolute atomic E-state index is 0.127. The van der Waals surface area contributed by atoms with Crippen molar-refractivity contribution in [1.82, 2.24) is 30.7 Å². The van der Waals surface area contributed by atoms with Crippen LogP contribution in [0.1, 0.15) is 98.0 Å². The normalized spacial score (nSPS) is 25.7. The molecule has 4 rings (SSSR count). The number of hydrogen-bond acceptors (Lipinski definition) is 8. The molecule has 14 nitrogen and oxygen atoms in total. The fourth-order valence-electron chi connectivity index (χ4n) is 7.82. The predicted octanol–water partition coefficient (Wildman–Crippen LogP) is 2.53. The highest BCUT2D eigenvalue weighted by Crippen LogP contribution is 2.30. The summed E-state index contributed by atoms with van der Waals surface area (Å²) in [6.07, 6.45) is 6.00. The molecular formula is C40H57FN6O8. The highest BCUT2D eigenvalue weighted by Gasteiger charge is 2.49. The zero-order valence-electron chi connectivity index (χ0n) is 32.9. The summed E-state index contributed by atoms with van der Waals surface area (Å²) in [7, 11) is 1.52. The molecular weight excluding hydrogens is 711 g/mol. The third-order valence-corrected chi connectivity index (χ3v) is 11.2. The Labute approximate surface area is 322 Å². The highest BCUT2D eigenvalue weighted by molar-refractivity contribution is 5.99. The van der Waals surface area contributed by atoms with Crippen molar-refractivity contribution >= 4 is 41.4 Å². The number of carbonyl (C=O) groups is 7. The molecule has 15 heteroatoms. The first-order valence-corrected chi connectivity index (χ1v) is 19.6. The van der Waals surface area contributed by atoms with Crippen molar-refractivity contribution in [3.63, 3.8) is 0 Å². The van der Waals surface area contributed by atoms with Gasteiger partial charge in [-0.1, -0.05) is 51.8 Å². The van der Waals surface area contributed by atoms with Crippen molar-refractivity contribution in [1.29, 1.82) is 0 Å². The first-order chi connectivity index (χ1) is 26.2. The number of benzene rings is 1. The molecule has 0 saturated carbocycles. The van der Waals surface area contributed by atoms with E-state index in [1.54, 1.807) is 26.0 Å². The lowest BCUT2D eigenvalue weighted by Crippen LogP contribution is -2.65. The monoisotopic (exact) mass is 768 g/mol. The van der Waals surface area contributed by atoms with Gasteiger partial charge < -0.3 is 35.4 Å². The number of likely N-dealkylation sites (N-methyl/N-ethyl adjacent to an activating group) is 1. The Morgan fingerprint density at radius 2 is 1.64 bits per heavy atom. The predicted molar refractivity (Wildman–Crippen MR) is 201 cm³/mol.